The van der Waals surface area contributed by atoms with Crippen LogP contribution < -0.4 is 4.90 Å². The smallest absolute Gasteiger partial charge is 0.356 e. The number of ether oxygens (including phenoxy) is 1. The molecule has 1 aromatic rings. The monoisotopic (exact) mass is 292 g/mol. The number of hydrogen-bond donors (Lipinski definition) is 1. The molecule has 1 aromatic heterocycles. The summed E-state index contributed by atoms with van der Waals surface area (Å²) in [6, 6.07) is 0. The van der Waals surface area contributed by atoms with E-state index in [1.165, 1.54) is 6.20 Å². The predicted molar refractivity (Wildman–Crippen MR) is 76.6 cm³/mol. The lowest BCUT2D eigenvalue weighted by Crippen LogP contribution is -2.56. The molecule has 0 amide bonds. The predicted octanol–water partition coefficient (Wildman–Crippen LogP) is 0.476. The fourth-order valence-electron chi connectivity index (χ4n) is 2.98. The number of carboxylic acid groups (broad SMARTS) is 1. The average Bonchev–Trinajstić information content (AvgIpc) is 2.51. The van der Waals surface area contributed by atoms with Crippen molar-refractivity contribution in [2.24, 2.45) is 0 Å². The highest BCUT2D eigenvalue weighted by atomic mass is 16.5. The van der Waals surface area contributed by atoms with Crippen LogP contribution >= 0.6 is 0 Å². The number of carboxylic acids is 1. The molecule has 7 nitrogen and oxygen atoms in total. The van der Waals surface area contributed by atoms with Gasteiger partial charge in [-0.15, -0.1) is 0 Å². The number of rotatable bonds is 2. The van der Waals surface area contributed by atoms with Crippen molar-refractivity contribution in [2.75, 3.05) is 44.7 Å². The van der Waals surface area contributed by atoms with Crippen LogP contribution in [0.1, 0.15) is 23.3 Å². The first-order valence-electron chi connectivity index (χ1n) is 7.21. The summed E-state index contributed by atoms with van der Waals surface area (Å²) < 4.78 is 6.05. The Labute approximate surface area is 123 Å². The standard InChI is InChI=1S/C14H20N4O3/c1-17-4-2-14(3-5-17)10-18(6-7-21-14)12-9-15-8-11(16-12)13(19)20/h8-9H,2-7,10H2,1H3,(H,19,20). The maximum absolute atomic E-state index is 11.0. The van der Waals surface area contributed by atoms with Crippen molar-refractivity contribution < 1.29 is 14.6 Å². The summed E-state index contributed by atoms with van der Waals surface area (Å²) in [5, 5.41) is 9.03. The lowest BCUT2D eigenvalue weighted by atomic mass is 9.89. The molecule has 0 radical (unpaired) electrons. The van der Waals surface area contributed by atoms with Gasteiger partial charge in [0.25, 0.3) is 0 Å². The summed E-state index contributed by atoms with van der Waals surface area (Å²) >= 11 is 0. The lowest BCUT2D eigenvalue weighted by Gasteiger charge is -2.47. The molecule has 114 valence electrons. The maximum atomic E-state index is 11.0. The summed E-state index contributed by atoms with van der Waals surface area (Å²) in [5.74, 6) is -0.428. The van der Waals surface area contributed by atoms with Gasteiger partial charge in [-0.2, -0.15) is 0 Å². The van der Waals surface area contributed by atoms with E-state index in [0.29, 0.717) is 12.4 Å². The number of morpholine rings is 1. The molecular weight excluding hydrogens is 272 g/mol. The van der Waals surface area contributed by atoms with Crippen LogP contribution in [0.2, 0.25) is 0 Å². The Balaban J connectivity index is 1.77. The molecule has 3 rings (SSSR count). The number of likely N-dealkylation sites (tertiary alicyclic amines) is 1. The van der Waals surface area contributed by atoms with Gasteiger partial charge in [0, 0.05) is 26.2 Å². The molecular formula is C14H20N4O3. The van der Waals surface area contributed by atoms with Crippen molar-refractivity contribution in [1.82, 2.24) is 14.9 Å². The van der Waals surface area contributed by atoms with E-state index in [9.17, 15) is 4.79 Å². The molecule has 2 fully saturated rings. The van der Waals surface area contributed by atoms with E-state index in [1.807, 2.05) is 0 Å². The van der Waals surface area contributed by atoms with Crippen molar-refractivity contribution >= 4 is 11.8 Å². The number of anilines is 1. The number of nitrogens with zero attached hydrogens (tertiary/aromatic N) is 4. The van der Waals surface area contributed by atoms with E-state index >= 15 is 0 Å². The fraction of sp³-hybridized carbons (Fsp3) is 0.643. The molecule has 0 unspecified atom stereocenters. The van der Waals surface area contributed by atoms with Gasteiger partial charge in [0.2, 0.25) is 0 Å². The first kappa shape index (κ1) is 14.2. The van der Waals surface area contributed by atoms with Crippen LogP contribution in [0.5, 0.6) is 0 Å². The molecule has 0 aliphatic carbocycles. The van der Waals surface area contributed by atoms with Crippen molar-refractivity contribution in [3.8, 4) is 0 Å². The zero-order chi connectivity index (χ0) is 14.9. The number of aromatic nitrogens is 2. The van der Waals surface area contributed by atoms with Crippen LogP contribution in [0.25, 0.3) is 0 Å². The van der Waals surface area contributed by atoms with Crippen molar-refractivity contribution in [2.45, 2.75) is 18.4 Å². The topological polar surface area (TPSA) is 78.8 Å². The molecule has 0 saturated carbocycles. The highest BCUT2D eigenvalue weighted by Gasteiger charge is 2.39. The van der Waals surface area contributed by atoms with Gasteiger partial charge in [0.05, 0.1) is 24.6 Å². The third kappa shape index (κ3) is 2.98. The largest absolute Gasteiger partial charge is 0.476 e. The molecule has 21 heavy (non-hydrogen) atoms. The Morgan fingerprint density at radius 1 is 1.33 bits per heavy atom. The van der Waals surface area contributed by atoms with Crippen LogP contribution in [0.3, 0.4) is 0 Å². The van der Waals surface area contributed by atoms with Crippen LogP contribution in [0.15, 0.2) is 12.4 Å². The number of aromatic carboxylic acids is 1. The average molecular weight is 292 g/mol. The van der Waals surface area contributed by atoms with E-state index in [4.69, 9.17) is 9.84 Å². The molecule has 2 aliphatic rings. The Morgan fingerprint density at radius 3 is 2.81 bits per heavy atom. The Morgan fingerprint density at radius 2 is 2.10 bits per heavy atom. The highest BCUT2D eigenvalue weighted by Crippen LogP contribution is 2.31. The van der Waals surface area contributed by atoms with E-state index in [0.717, 1.165) is 39.0 Å². The van der Waals surface area contributed by atoms with Crippen LogP contribution in [-0.4, -0.2) is 71.4 Å². The third-order valence-electron chi connectivity index (χ3n) is 4.31. The van der Waals surface area contributed by atoms with Gasteiger partial charge in [-0.25, -0.2) is 9.78 Å². The molecule has 1 N–H and O–H groups in total. The normalized spacial score (nSPS) is 22.4. The summed E-state index contributed by atoms with van der Waals surface area (Å²) in [6.45, 7) is 4.15. The lowest BCUT2D eigenvalue weighted by molar-refractivity contribution is -0.0884. The number of piperidine rings is 1. The quantitative estimate of drug-likeness (QED) is 0.849. The summed E-state index contributed by atoms with van der Waals surface area (Å²) in [4.78, 5) is 23.6. The Hall–Kier alpha value is -1.73. The van der Waals surface area contributed by atoms with Gasteiger partial charge >= 0.3 is 5.97 Å². The van der Waals surface area contributed by atoms with Crippen LogP contribution in [0.4, 0.5) is 5.82 Å². The van der Waals surface area contributed by atoms with E-state index in [-0.39, 0.29) is 11.3 Å². The minimum absolute atomic E-state index is 0.0172. The molecule has 0 atom stereocenters. The van der Waals surface area contributed by atoms with Crippen molar-refractivity contribution in [1.29, 1.82) is 0 Å². The Kier molecular flexibility index (Phi) is 3.77. The van der Waals surface area contributed by atoms with E-state index in [1.54, 1.807) is 6.20 Å². The molecule has 0 aromatic carbocycles. The second-order valence-electron chi connectivity index (χ2n) is 5.82. The molecule has 2 saturated heterocycles. The highest BCUT2D eigenvalue weighted by molar-refractivity contribution is 5.85. The van der Waals surface area contributed by atoms with Gasteiger partial charge in [-0.3, -0.25) is 4.98 Å². The van der Waals surface area contributed by atoms with E-state index < -0.39 is 5.97 Å². The minimum Gasteiger partial charge on any atom is -0.476 e. The van der Waals surface area contributed by atoms with Gasteiger partial charge < -0.3 is 19.6 Å². The Bertz CT molecular complexity index is 529. The van der Waals surface area contributed by atoms with E-state index in [2.05, 4.69) is 26.8 Å². The molecule has 3 heterocycles. The first-order valence-corrected chi connectivity index (χ1v) is 7.21. The van der Waals surface area contributed by atoms with Gasteiger partial charge in [-0.05, 0) is 19.9 Å². The first-order chi connectivity index (χ1) is 10.1. The maximum Gasteiger partial charge on any atom is 0.356 e. The van der Waals surface area contributed by atoms with Crippen LogP contribution in [0, 0.1) is 0 Å². The summed E-state index contributed by atoms with van der Waals surface area (Å²) in [5.41, 5.74) is -0.150. The molecule has 7 heteroatoms. The zero-order valence-corrected chi connectivity index (χ0v) is 12.2. The second-order valence-corrected chi connectivity index (χ2v) is 5.82. The second kappa shape index (κ2) is 5.57. The number of hydrogen-bond acceptors (Lipinski definition) is 6. The van der Waals surface area contributed by atoms with Crippen molar-refractivity contribution in [3.05, 3.63) is 18.1 Å². The van der Waals surface area contributed by atoms with Crippen LogP contribution in [-0.2, 0) is 4.74 Å². The minimum atomic E-state index is -1.05. The molecule has 2 aliphatic heterocycles. The SMILES string of the molecule is CN1CCC2(CC1)CN(c1cncc(C(=O)O)n1)CCO2. The van der Waals surface area contributed by atoms with Gasteiger partial charge in [0.1, 0.15) is 5.82 Å². The fourth-order valence-corrected chi connectivity index (χ4v) is 2.98. The molecule has 0 bridgehead atoms. The number of carbonyl (C=O) groups is 1. The third-order valence-corrected chi connectivity index (χ3v) is 4.31. The zero-order valence-electron chi connectivity index (χ0n) is 12.2. The van der Waals surface area contributed by atoms with Crippen molar-refractivity contribution in [3.63, 3.8) is 0 Å². The summed E-state index contributed by atoms with van der Waals surface area (Å²) in [7, 11) is 2.12. The van der Waals surface area contributed by atoms with Gasteiger partial charge in [-0.1, -0.05) is 0 Å². The summed E-state index contributed by atoms with van der Waals surface area (Å²) in [6.07, 6.45) is 4.89. The molecule has 1 spiro atoms. The van der Waals surface area contributed by atoms with Gasteiger partial charge in [0.15, 0.2) is 5.69 Å².